The standard InChI is InChI=1S/C12H20N4O8S/c13-5(1-9(19)20)10(21)14-2-8(18)15-7(4-25)11(22)16-6(3-17)12(23)24/h5-7,17,25H,1-4,13H2,(H,14,21)(H,15,18)(H,16,22)(H,19,20)(H,23,24). The minimum Gasteiger partial charge on any atom is -0.481 e. The van der Waals surface area contributed by atoms with Gasteiger partial charge >= 0.3 is 11.9 Å². The third-order valence-electron chi connectivity index (χ3n) is 2.79. The average Bonchev–Trinajstić information content (AvgIpc) is 2.53. The Morgan fingerprint density at radius 3 is 2.04 bits per heavy atom. The molecule has 0 aliphatic heterocycles. The third kappa shape index (κ3) is 8.88. The van der Waals surface area contributed by atoms with E-state index in [0.29, 0.717) is 0 Å². The van der Waals surface area contributed by atoms with Crippen molar-refractivity contribution in [2.75, 3.05) is 18.9 Å². The maximum atomic E-state index is 11.8. The molecule has 12 nitrogen and oxygen atoms in total. The summed E-state index contributed by atoms with van der Waals surface area (Å²) in [6, 6.07) is -4.09. The Labute approximate surface area is 147 Å². The van der Waals surface area contributed by atoms with E-state index in [2.05, 4.69) is 23.3 Å². The number of nitrogens with two attached hydrogens (primary N) is 1. The molecule has 0 bridgehead atoms. The average molecular weight is 380 g/mol. The fourth-order valence-electron chi connectivity index (χ4n) is 1.48. The van der Waals surface area contributed by atoms with Crippen LogP contribution >= 0.6 is 12.6 Å². The maximum Gasteiger partial charge on any atom is 0.328 e. The minimum absolute atomic E-state index is 0.179. The van der Waals surface area contributed by atoms with Crippen molar-refractivity contribution in [1.82, 2.24) is 16.0 Å². The van der Waals surface area contributed by atoms with Crippen LogP contribution in [-0.4, -0.2) is 82.0 Å². The quantitative estimate of drug-likeness (QED) is 0.163. The second kappa shape index (κ2) is 11.2. The van der Waals surface area contributed by atoms with Crippen molar-refractivity contribution in [1.29, 1.82) is 0 Å². The molecule has 0 radical (unpaired) electrons. The summed E-state index contributed by atoms with van der Waals surface area (Å²) in [5.74, 6) is -5.48. The number of hydrogen-bond donors (Lipinski definition) is 8. The number of carbonyl (C=O) groups excluding carboxylic acids is 3. The van der Waals surface area contributed by atoms with Gasteiger partial charge in [0.2, 0.25) is 17.7 Å². The van der Waals surface area contributed by atoms with Crippen LogP contribution in [0.4, 0.5) is 0 Å². The first-order chi connectivity index (χ1) is 11.6. The molecule has 0 saturated heterocycles. The van der Waals surface area contributed by atoms with E-state index in [1.54, 1.807) is 0 Å². The Morgan fingerprint density at radius 2 is 1.60 bits per heavy atom. The van der Waals surface area contributed by atoms with Gasteiger partial charge in [-0.3, -0.25) is 19.2 Å². The number of aliphatic carboxylic acids is 2. The molecule has 142 valence electrons. The molecule has 0 fully saturated rings. The number of carboxylic acids is 2. The molecule has 0 aromatic carbocycles. The Balaban J connectivity index is 4.49. The lowest BCUT2D eigenvalue weighted by Crippen LogP contribution is -2.55. The van der Waals surface area contributed by atoms with Crippen LogP contribution in [0.5, 0.6) is 0 Å². The molecule has 13 heteroatoms. The Morgan fingerprint density at radius 1 is 1.00 bits per heavy atom. The summed E-state index contributed by atoms with van der Waals surface area (Å²) in [6.07, 6.45) is -0.618. The molecule has 8 N–H and O–H groups in total. The maximum absolute atomic E-state index is 11.8. The van der Waals surface area contributed by atoms with Gasteiger partial charge in [0.25, 0.3) is 0 Å². The van der Waals surface area contributed by atoms with E-state index in [0.717, 1.165) is 0 Å². The number of amides is 3. The van der Waals surface area contributed by atoms with Gasteiger partial charge in [-0.1, -0.05) is 0 Å². The summed E-state index contributed by atoms with van der Waals surface area (Å²) >= 11 is 3.85. The number of aliphatic hydroxyl groups is 1. The molecule has 3 unspecified atom stereocenters. The summed E-state index contributed by atoms with van der Waals surface area (Å²) in [6.45, 7) is -1.42. The number of nitrogens with one attached hydrogen (secondary N) is 3. The predicted octanol–water partition coefficient (Wildman–Crippen LogP) is -4.12. The SMILES string of the molecule is NC(CC(=O)O)C(=O)NCC(=O)NC(CS)C(=O)NC(CO)C(=O)O. The molecule has 0 aromatic rings. The van der Waals surface area contributed by atoms with Gasteiger partial charge in [-0.15, -0.1) is 0 Å². The smallest absolute Gasteiger partial charge is 0.328 e. The Bertz CT molecular complexity index is 529. The highest BCUT2D eigenvalue weighted by Gasteiger charge is 2.25. The van der Waals surface area contributed by atoms with Gasteiger partial charge in [-0.05, 0) is 0 Å². The van der Waals surface area contributed by atoms with E-state index in [1.807, 2.05) is 5.32 Å². The third-order valence-corrected chi connectivity index (χ3v) is 3.15. The number of aliphatic hydroxyl groups excluding tert-OH is 1. The lowest BCUT2D eigenvalue weighted by atomic mass is 10.2. The summed E-state index contributed by atoms with van der Waals surface area (Å²) in [5, 5.41) is 32.4. The molecule has 3 atom stereocenters. The van der Waals surface area contributed by atoms with Gasteiger partial charge in [0, 0.05) is 5.75 Å². The van der Waals surface area contributed by atoms with Crippen LogP contribution in [0.3, 0.4) is 0 Å². The second-order valence-corrected chi connectivity index (χ2v) is 5.17. The van der Waals surface area contributed by atoms with Gasteiger partial charge in [0.1, 0.15) is 12.1 Å². The summed E-state index contributed by atoms with van der Waals surface area (Å²) < 4.78 is 0. The van der Waals surface area contributed by atoms with E-state index < -0.39 is 67.4 Å². The van der Waals surface area contributed by atoms with Crippen LogP contribution in [0.2, 0.25) is 0 Å². The molecule has 0 heterocycles. The molecule has 0 aromatic heterocycles. The van der Waals surface area contributed by atoms with Crippen molar-refractivity contribution in [2.45, 2.75) is 24.5 Å². The zero-order chi connectivity index (χ0) is 19.6. The fraction of sp³-hybridized carbons (Fsp3) is 0.583. The highest BCUT2D eigenvalue weighted by molar-refractivity contribution is 7.80. The molecule has 25 heavy (non-hydrogen) atoms. The summed E-state index contributed by atoms with van der Waals surface area (Å²) in [5.41, 5.74) is 5.30. The topological polar surface area (TPSA) is 208 Å². The number of rotatable bonds is 11. The molecule has 3 amide bonds. The fourth-order valence-corrected chi connectivity index (χ4v) is 1.73. The molecule has 0 rings (SSSR count). The van der Waals surface area contributed by atoms with Crippen LogP contribution in [0.25, 0.3) is 0 Å². The van der Waals surface area contributed by atoms with Crippen LogP contribution in [-0.2, 0) is 24.0 Å². The number of thiol groups is 1. The Kier molecular flexibility index (Phi) is 10.2. The van der Waals surface area contributed by atoms with E-state index in [1.165, 1.54) is 0 Å². The van der Waals surface area contributed by atoms with Crippen molar-refractivity contribution >= 4 is 42.3 Å². The molecule has 0 aliphatic rings. The van der Waals surface area contributed by atoms with Crippen LogP contribution in [0, 0.1) is 0 Å². The van der Waals surface area contributed by atoms with Crippen LogP contribution in [0.1, 0.15) is 6.42 Å². The monoisotopic (exact) mass is 380 g/mol. The van der Waals surface area contributed by atoms with Gasteiger partial charge in [0.15, 0.2) is 0 Å². The molecule has 0 saturated carbocycles. The van der Waals surface area contributed by atoms with Gasteiger partial charge < -0.3 is 37.0 Å². The van der Waals surface area contributed by atoms with Gasteiger partial charge in [-0.2, -0.15) is 12.6 Å². The second-order valence-electron chi connectivity index (χ2n) is 4.81. The van der Waals surface area contributed by atoms with Crippen molar-refractivity contribution in [3.63, 3.8) is 0 Å². The van der Waals surface area contributed by atoms with Crippen molar-refractivity contribution in [3.8, 4) is 0 Å². The van der Waals surface area contributed by atoms with Crippen LogP contribution in [0.15, 0.2) is 0 Å². The van der Waals surface area contributed by atoms with E-state index in [9.17, 15) is 24.0 Å². The molecular formula is C12H20N4O8S. The Hall–Kier alpha value is -2.38. The van der Waals surface area contributed by atoms with E-state index in [4.69, 9.17) is 21.1 Å². The highest BCUT2D eigenvalue weighted by atomic mass is 32.1. The first kappa shape index (κ1) is 22.6. The van der Waals surface area contributed by atoms with Crippen molar-refractivity contribution in [2.24, 2.45) is 5.73 Å². The van der Waals surface area contributed by atoms with Gasteiger partial charge in [-0.25, -0.2) is 4.79 Å². The molecular weight excluding hydrogens is 360 g/mol. The zero-order valence-electron chi connectivity index (χ0n) is 13.0. The normalized spacial score (nSPS) is 13.9. The lowest BCUT2D eigenvalue weighted by molar-refractivity contribution is -0.143. The zero-order valence-corrected chi connectivity index (χ0v) is 13.9. The molecule has 0 spiro atoms. The molecule has 0 aliphatic carbocycles. The number of hydrogen-bond acceptors (Lipinski definition) is 8. The number of carbonyl (C=O) groups is 5. The largest absolute Gasteiger partial charge is 0.481 e. The first-order valence-corrected chi connectivity index (χ1v) is 7.54. The first-order valence-electron chi connectivity index (χ1n) is 6.91. The summed E-state index contributed by atoms with van der Waals surface area (Å²) in [7, 11) is 0. The van der Waals surface area contributed by atoms with E-state index in [-0.39, 0.29) is 5.75 Å². The van der Waals surface area contributed by atoms with Crippen LogP contribution < -0.4 is 21.7 Å². The minimum atomic E-state index is -1.54. The lowest BCUT2D eigenvalue weighted by Gasteiger charge is -2.19. The highest BCUT2D eigenvalue weighted by Crippen LogP contribution is 1.93. The van der Waals surface area contributed by atoms with Crippen molar-refractivity contribution in [3.05, 3.63) is 0 Å². The predicted molar refractivity (Wildman–Crippen MR) is 85.7 cm³/mol. The van der Waals surface area contributed by atoms with E-state index >= 15 is 0 Å². The summed E-state index contributed by atoms with van der Waals surface area (Å²) in [4.78, 5) is 56.1. The van der Waals surface area contributed by atoms with Crippen molar-refractivity contribution < 1.29 is 39.3 Å². The number of carboxylic acid groups (broad SMARTS) is 2. The van der Waals surface area contributed by atoms with Gasteiger partial charge in [0.05, 0.1) is 25.6 Å².